The van der Waals surface area contributed by atoms with Gasteiger partial charge in [-0.1, -0.05) is 6.92 Å². The van der Waals surface area contributed by atoms with E-state index in [0.717, 1.165) is 0 Å². The zero-order valence-electron chi connectivity index (χ0n) is 12.1. The van der Waals surface area contributed by atoms with Crippen LogP contribution in [0.3, 0.4) is 0 Å². The molecule has 1 N–H and O–H groups in total. The van der Waals surface area contributed by atoms with Gasteiger partial charge in [-0.05, 0) is 59.8 Å². The number of carbonyl (C=O) groups excluding carboxylic acids is 1. The Labute approximate surface area is 132 Å². The van der Waals surface area contributed by atoms with Crippen LogP contribution in [0, 0.1) is 17.8 Å². The Hall–Kier alpha value is -1.36. The first-order valence-corrected chi connectivity index (χ1v) is 7.92. The number of aliphatic carboxylic acids is 1. The van der Waals surface area contributed by atoms with Gasteiger partial charge < -0.3 is 9.84 Å². The Balaban J connectivity index is 2.25. The predicted octanol–water partition coefficient (Wildman–Crippen LogP) is 3.78. The summed E-state index contributed by atoms with van der Waals surface area (Å²) >= 11 is 3.39. The number of ether oxygens (including phenoxy) is 1. The van der Waals surface area contributed by atoms with E-state index in [0.29, 0.717) is 35.2 Å². The SMILES string of the molecule is CCOc1ccc(C(=O)C2CC(C)CC2C(=O)O)c(Br)c1. The van der Waals surface area contributed by atoms with Gasteiger partial charge in [0, 0.05) is 16.0 Å². The molecular weight excluding hydrogens is 336 g/mol. The van der Waals surface area contributed by atoms with Crippen molar-refractivity contribution in [3.05, 3.63) is 28.2 Å². The lowest BCUT2D eigenvalue weighted by Crippen LogP contribution is -2.25. The van der Waals surface area contributed by atoms with Gasteiger partial charge in [0.2, 0.25) is 0 Å². The fraction of sp³-hybridized carbons (Fsp3) is 0.500. The van der Waals surface area contributed by atoms with E-state index in [-0.39, 0.29) is 11.7 Å². The van der Waals surface area contributed by atoms with Crippen molar-refractivity contribution < 1.29 is 19.4 Å². The summed E-state index contributed by atoms with van der Waals surface area (Å²) in [6.45, 7) is 4.45. The highest BCUT2D eigenvalue weighted by Gasteiger charge is 2.41. The molecule has 0 spiro atoms. The third-order valence-electron chi connectivity index (χ3n) is 3.97. The third-order valence-corrected chi connectivity index (χ3v) is 4.63. The number of benzene rings is 1. The highest BCUT2D eigenvalue weighted by Crippen LogP contribution is 2.39. The number of ketones is 1. The molecule has 0 heterocycles. The number of Topliss-reactive ketones (excluding diaryl/α,β-unsaturated/α-hetero) is 1. The predicted molar refractivity (Wildman–Crippen MR) is 82.7 cm³/mol. The van der Waals surface area contributed by atoms with Crippen LogP contribution in [0.2, 0.25) is 0 Å². The highest BCUT2D eigenvalue weighted by atomic mass is 79.9. The van der Waals surface area contributed by atoms with E-state index in [1.54, 1.807) is 18.2 Å². The van der Waals surface area contributed by atoms with E-state index in [1.807, 2.05) is 13.8 Å². The van der Waals surface area contributed by atoms with E-state index < -0.39 is 17.8 Å². The van der Waals surface area contributed by atoms with Crippen molar-refractivity contribution in [3.63, 3.8) is 0 Å². The van der Waals surface area contributed by atoms with Gasteiger partial charge in [-0.3, -0.25) is 9.59 Å². The molecule has 2 rings (SSSR count). The molecule has 0 amide bonds. The van der Waals surface area contributed by atoms with Crippen LogP contribution in [-0.4, -0.2) is 23.5 Å². The van der Waals surface area contributed by atoms with E-state index >= 15 is 0 Å². The van der Waals surface area contributed by atoms with Gasteiger partial charge in [-0.25, -0.2) is 0 Å². The maximum atomic E-state index is 12.7. The van der Waals surface area contributed by atoms with Crippen LogP contribution in [-0.2, 0) is 4.79 Å². The number of carboxylic acids is 1. The summed E-state index contributed by atoms with van der Waals surface area (Å²) in [5.74, 6) is -1.03. The lowest BCUT2D eigenvalue weighted by molar-refractivity contribution is -0.142. The quantitative estimate of drug-likeness (QED) is 0.817. The Bertz CT molecular complexity index is 555. The summed E-state index contributed by atoms with van der Waals surface area (Å²) in [7, 11) is 0. The maximum absolute atomic E-state index is 12.7. The van der Waals surface area contributed by atoms with Crippen LogP contribution in [0.5, 0.6) is 5.75 Å². The molecule has 21 heavy (non-hydrogen) atoms. The fourth-order valence-electron chi connectivity index (χ4n) is 3.01. The van der Waals surface area contributed by atoms with Crippen molar-refractivity contribution >= 4 is 27.7 Å². The van der Waals surface area contributed by atoms with Crippen molar-refractivity contribution in [2.45, 2.75) is 26.7 Å². The fourth-order valence-corrected chi connectivity index (χ4v) is 3.56. The first kappa shape index (κ1) is 16.0. The monoisotopic (exact) mass is 354 g/mol. The van der Waals surface area contributed by atoms with Crippen molar-refractivity contribution in [3.8, 4) is 5.75 Å². The molecule has 1 fully saturated rings. The van der Waals surface area contributed by atoms with Crippen LogP contribution in [0.1, 0.15) is 37.0 Å². The molecule has 1 aromatic carbocycles. The molecule has 0 bridgehead atoms. The molecule has 114 valence electrons. The number of rotatable bonds is 5. The summed E-state index contributed by atoms with van der Waals surface area (Å²) < 4.78 is 6.04. The van der Waals surface area contributed by atoms with Gasteiger partial charge in [-0.2, -0.15) is 0 Å². The second-order valence-corrected chi connectivity index (χ2v) is 6.42. The van der Waals surface area contributed by atoms with Crippen LogP contribution >= 0.6 is 15.9 Å². The van der Waals surface area contributed by atoms with Crippen LogP contribution in [0.15, 0.2) is 22.7 Å². The van der Waals surface area contributed by atoms with E-state index in [1.165, 1.54) is 0 Å². The average Bonchev–Trinajstić information content (AvgIpc) is 2.81. The van der Waals surface area contributed by atoms with E-state index in [4.69, 9.17) is 4.74 Å². The molecule has 3 atom stereocenters. The largest absolute Gasteiger partial charge is 0.494 e. The van der Waals surface area contributed by atoms with Crippen molar-refractivity contribution in [2.24, 2.45) is 17.8 Å². The van der Waals surface area contributed by atoms with Gasteiger partial charge >= 0.3 is 5.97 Å². The minimum Gasteiger partial charge on any atom is -0.494 e. The Kier molecular flexibility index (Phi) is 5.04. The highest BCUT2D eigenvalue weighted by molar-refractivity contribution is 9.10. The lowest BCUT2D eigenvalue weighted by atomic mass is 9.88. The first-order valence-electron chi connectivity index (χ1n) is 7.13. The Morgan fingerprint density at radius 3 is 2.57 bits per heavy atom. The molecule has 3 unspecified atom stereocenters. The summed E-state index contributed by atoms with van der Waals surface area (Å²) in [6.07, 6.45) is 1.20. The number of halogens is 1. The van der Waals surface area contributed by atoms with Gasteiger partial charge in [0.15, 0.2) is 5.78 Å². The standard InChI is InChI=1S/C16H19BrO4/c1-3-21-10-4-5-11(14(17)8-10)15(18)12-6-9(2)7-13(12)16(19)20/h4-5,8-9,12-13H,3,6-7H2,1-2H3,(H,19,20). The molecule has 5 heteroatoms. The maximum Gasteiger partial charge on any atom is 0.307 e. The van der Waals surface area contributed by atoms with Gasteiger partial charge in [0.05, 0.1) is 12.5 Å². The number of carboxylic acid groups (broad SMARTS) is 1. The summed E-state index contributed by atoms with van der Waals surface area (Å²) in [5, 5.41) is 9.30. The first-order chi connectivity index (χ1) is 9.93. The molecule has 1 saturated carbocycles. The molecule has 0 saturated heterocycles. The zero-order valence-corrected chi connectivity index (χ0v) is 13.7. The van der Waals surface area contributed by atoms with Crippen LogP contribution < -0.4 is 4.74 Å². The molecule has 0 aromatic heterocycles. The minimum atomic E-state index is -0.875. The second kappa shape index (κ2) is 6.60. The summed E-state index contributed by atoms with van der Waals surface area (Å²) in [4.78, 5) is 24.0. The summed E-state index contributed by atoms with van der Waals surface area (Å²) in [6, 6.07) is 5.21. The average molecular weight is 355 g/mol. The van der Waals surface area contributed by atoms with Gasteiger partial charge in [-0.15, -0.1) is 0 Å². The molecular formula is C16H19BrO4. The molecule has 1 aliphatic carbocycles. The summed E-state index contributed by atoms with van der Waals surface area (Å²) in [5.41, 5.74) is 0.531. The number of hydrogen-bond donors (Lipinski definition) is 1. The molecule has 1 aliphatic rings. The van der Waals surface area contributed by atoms with Gasteiger partial charge in [0.25, 0.3) is 0 Å². The smallest absolute Gasteiger partial charge is 0.307 e. The van der Waals surface area contributed by atoms with Crippen molar-refractivity contribution in [2.75, 3.05) is 6.61 Å². The Morgan fingerprint density at radius 2 is 2.00 bits per heavy atom. The Morgan fingerprint density at radius 1 is 1.33 bits per heavy atom. The molecule has 0 aliphatic heterocycles. The minimum absolute atomic E-state index is 0.0957. The number of hydrogen-bond acceptors (Lipinski definition) is 3. The normalized spacial score (nSPS) is 24.8. The lowest BCUT2D eigenvalue weighted by Gasteiger charge is -2.16. The van der Waals surface area contributed by atoms with E-state index in [2.05, 4.69) is 15.9 Å². The van der Waals surface area contributed by atoms with Gasteiger partial charge in [0.1, 0.15) is 5.75 Å². The molecule has 0 radical (unpaired) electrons. The van der Waals surface area contributed by atoms with Crippen molar-refractivity contribution in [1.82, 2.24) is 0 Å². The third kappa shape index (κ3) is 3.46. The molecule has 4 nitrogen and oxygen atoms in total. The molecule has 1 aromatic rings. The van der Waals surface area contributed by atoms with E-state index in [9.17, 15) is 14.7 Å². The van der Waals surface area contributed by atoms with Crippen LogP contribution in [0.4, 0.5) is 0 Å². The number of carbonyl (C=O) groups is 2. The topological polar surface area (TPSA) is 63.6 Å². The van der Waals surface area contributed by atoms with Crippen molar-refractivity contribution in [1.29, 1.82) is 0 Å². The zero-order chi connectivity index (χ0) is 15.6. The van der Waals surface area contributed by atoms with Crippen LogP contribution in [0.25, 0.3) is 0 Å². The second-order valence-electron chi connectivity index (χ2n) is 5.57.